The summed E-state index contributed by atoms with van der Waals surface area (Å²) in [5.74, 6) is 1.22. The molecule has 4 N–H and O–H groups in total. The molecule has 0 unspecified atom stereocenters. The highest BCUT2D eigenvalue weighted by Crippen LogP contribution is 2.37. The normalized spacial score (nSPS) is 17.8. The Morgan fingerprint density at radius 1 is 1.27 bits per heavy atom. The van der Waals surface area contributed by atoms with E-state index < -0.39 is 11.7 Å². The SMILES string of the molecule is NCc1cnc(-c2ccc(Cl)c(C(F)(F)F)c2)nc1N1CC[C@@H](CN)C1. The highest BCUT2D eigenvalue weighted by molar-refractivity contribution is 6.31. The second-order valence-electron chi connectivity index (χ2n) is 6.28. The van der Waals surface area contributed by atoms with E-state index in [2.05, 4.69) is 14.9 Å². The first kappa shape index (κ1) is 18.9. The average Bonchev–Trinajstić information content (AvgIpc) is 3.09. The van der Waals surface area contributed by atoms with Gasteiger partial charge in [-0.2, -0.15) is 13.2 Å². The van der Waals surface area contributed by atoms with Gasteiger partial charge in [0.2, 0.25) is 0 Å². The van der Waals surface area contributed by atoms with E-state index in [1.165, 1.54) is 12.1 Å². The molecule has 0 amide bonds. The van der Waals surface area contributed by atoms with Crippen LogP contribution in [-0.4, -0.2) is 29.6 Å². The van der Waals surface area contributed by atoms with Gasteiger partial charge < -0.3 is 16.4 Å². The molecule has 0 bridgehead atoms. The molecule has 5 nitrogen and oxygen atoms in total. The van der Waals surface area contributed by atoms with Gasteiger partial charge in [-0.05, 0) is 37.1 Å². The highest BCUT2D eigenvalue weighted by Gasteiger charge is 2.33. The van der Waals surface area contributed by atoms with E-state index in [1.54, 1.807) is 6.20 Å². The Hall–Kier alpha value is -1.90. The first-order chi connectivity index (χ1) is 12.3. The fraction of sp³-hybridized carbons (Fsp3) is 0.412. The van der Waals surface area contributed by atoms with Crippen molar-refractivity contribution in [1.82, 2.24) is 9.97 Å². The van der Waals surface area contributed by atoms with Gasteiger partial charge in [0.15, 0.2) is 5.82 Å². The monoisotopic (exact) mass is 385 g/mol. The van der Waals surface area contributed by atoms with Gasteiger partial charge in [0, 0.05) is 37.0 Å². The molecule has 1 saturated heterocycles. The number of aromatic nitrogens is 2. The van der Waals surface area contributed by atoms with Crippen LogP contribution < -0.4 is 16.4 Å². The standard InChI is InChI=1S/C17H19ClF3N5/c18-14-2-1-11(5-13(14)17(19,20)21)15-24-8-12(7-23)16(25-15)26-4-3-10(6-22)9-26/h1-2,5,8,10H,3-4,6-7,9,22-23H2/t10-/m0/s1. The summed E-state index contributed by atoms with van der Waals surface area (Å²) in [5, 5.41) is -0.356. The van der Waals surface area contributed by atoms with Crippen molar-refractivity contribution in [2.45, 2.75) is 19.1 Å². The number of nitrogens with two attached hydrogens (primary N) is 2. The first-order valence-electron chi connectivity index (χ1n) is 8.21. The van der Waals surface area contributed by atoms with Gasteiger partial charge in [-0.15, -0.1) is 0 Å². The van der Waals surface area contributed by atoms with Gasteiger partial charge in [0.05, 0.1) is 10.6 Å². The summed E-state index contributed by atoms with van der Waals surface area (Å²) in [6.07, 6.45) is -2.04. The lowest BCUT2D eigenvalue weighted by Crippen LogP contribution is -2.25. The Morgan fingerprint density at radius 3 is 2.65 bits per heavy atom. The highest BCUT2D eigenvalue weighted by atomic mass is 35.5. The van der Waals surface area contributed by atoms with E-state index in [4.69, 9.17) is 23.1 Å². The lowest BCUT2D eigenvalue weighted by molar-refractivity contribution is -0.137. The van der Waals surface area contributed by atoms with Gasteiger partial charge in [-0.25, -0.2) is 9.97 Å². The molecule has 140 valence electrons. The Bertz CT molecular complexity index is 796. The zero-order chi connectivity index (χ0) is 18.9. The minimum absolute atomic E-state index is 0.204. The van der Waals surface area contributed by atoms with Gasteiger partial charge in [-0.1, -0.05) is 11.6 Å². The Kier molecular flexibility index (Phi) is 5.36. The third kappa shape index (κ3) is 3.77. The molecule has 0 aliphatic carbocycles. The van der Waals surface area contributed by atoms with Crippen LogP contribution in [0.4, 0.5) is 19.0 Å². The second-order valence-corrected chi connectivity index (χ2v) is 6.68. The molecule has 9 heteroatoms. The number of anilines is 1. The van der Waals surface area contributed by atoms with E-state index in [0.717, 1.165) is 31.1 Å². The number of rotatable bonds is 4. The molecule has 26 heavy (non-hydrogen) atoms. The molecule has 0 saturated carbocycles. The van der Waals surface area contributed by atoms with E-state index in [0.29, 0.717) is 18.3 Å². The van der Waals surface area contributed by atoms with Crippen molar-refractivity contribution in [2.75, 3.05) is 24.5 Å². The number of hydrogen-bond donors (Lipinski definition) is 2. The third-order valence-electron chi connectivity index (χ3n) is 4.51. The van der Waals surface area contributed by atoms with Crippen molar-refractivity contribution < 1.29 is 13.2 Å². The summed E-state index contributed by atoms with van der Waals surface area (Å²) in [4.78, 5) is 10.8. The van der Waals surface area contributed by atoms with Crippen molar-refractivity contribution in [3.63, 3.8) is 0 Å². The third-order valence-corrected chi connectivity index (χ3v) is 4.84. The molecule has 1 aliphatic heterocycles. The summed E-state index contributed by atoms with van der Waals surface area (Å²) in [6.45, 7) is 2.35. The van der Waals surface area contributed by atoms with Crippen LogP contribution >= 0.6 is 11.6 Å². The molecule has 0 radical (unpaired) electrons. The van der Waals surface area contributed by atoms with Crippen LogP contribution in [0.5, 0.6) is 0 Å². The molecule has 1 aliphatic rings. The van der Waals surface area contributed by atoms with E-state index in [9.17, 15) is 13.2 Å². The number of hydrogen-bond acceptors (Lipinski definition) is 5. The van der Waals surface area contributed by atoms with Gasteiger partial charge in [0.1, 0.15) is 5.82 Å². The number of halogens is 4. The van der Waals surface area contributed by atoms with Gasteiger partial charge in [0.25, 0.3) is 0 Å². The summed E-state index contributed by atoms with van der Waals surface area (Å²) in [5.41, 5.74) is 11.6. The van der Waals surface area contributed by atoms with Crippen molar-refractivity contribution in [3.05, 3.63) is 40.5 Å². The van der Waals surface area contributed by atoms with Crippen LogP contribution in [0.2, 0.25) is 5.02 Å². The van der Waals surface area contributed by atoms with E-state index in [-0.39, 0.29) is 23.0 Å². The number of alkyl halides is 3. The molecule has 1 atom stereocenters. The number of benzene rings is 1. The fourth-order valence-corrected chi connectivity index (χ4v) is 3.28. The van der Waals surface area contributed by atoms with Crippen molar-refractivity contribution in [1.29, 1.82) is 0 Å². The predicted octanol–water partition coefficient (Wildman–Crippen LogP) is 3.06. The van der Waals surface area contributed by atoms with Crippen molar-refractivity contribution in [3.8, 4) is 11.4 Å². The predicted molar refractivity (Wildman–Crippen MR) is 94.7 cm³/mol. The van der Waals surface area contributed by atoms with Gasteiger partial charge in [-0.3, -0.25) is 0 Å². The minimum Gasteiger partial charge on any atom is -0.356 e. The molecule has 1 fully saturated rings. The summed E-state index contributed by atoms with van der Waals surface area (Å²) < 4.78 is 39.3. The largest absolute Gasteiger partial charge is 0.417 e. The van der Waals surface area contributed by atoms with Crippen LogP contribution in [0.3, 0.4) is 0 Å². The minimum atomic E-state index is -4.55. The van der Waals surface area contributed by atoms with Crippen molar-refractivity contribution >= 4 is 17.4 Å². The molecule has 2 aromatic rings. The Balaban J connectivity index is 2.01. The molecule has 1 aromatic heterocycles. The summed E-state index contributed by atoms with van der Waals surface area (Å²) in [7, 11) is 0. The van der Waals surface area contributed by atoms with Gasteiger partial charge >= 0.3 is 6.18 Å². The van der Waals surface area contributed by atoms with Crippen LogP contribution in [0, 0.1) is 5.92 Å². The summed E-state index contributed by atoms with van der Waals surface area (Å²) in [6, 6.07) is 3.65. The Morgan fingerprint density at radius 2 is 2.04 bits per heavy atom. The molecular weight excluding hydrogens is 367 g/mol. The zero-order valence-electron chi connectivity index (χ0n) is 13.9. The maximum Gasteiger partial charge on any atom is 0.417 e. The van der Waals surface area contributed by atoms with Crippen LogP contribution in [0.15, 0.2) is 24.4 Å². The zero-order valence-corrected chi connectivity index (χ0v) is 14.7. The topological polar surface area (TPSA) is 81.1 Å². The number of nitrogens with zero attached hydrogens (tertiary/aromatic N) is 3. The quantitative estimate of drug-likeness (QED) is 0.845. The molecule has 3 rings (SSSR count). The van der Waals surface area contributed by atoms with Crippen molar-refractivity contribution in [2.24, 2.45) is 17.4 Å². The van der Waals surface area contributed by atoms with E-state index >= 15 is 0 Å². The molecule has 0 spiro atoms. The molecular formula is C17H19ClF3N5. The summed E-state index contributed by atoms with van der Waals surface area (Å²) >= 11 is 5.69. The first-order valence-corrected chi connectivity index (χ1v) is 8.59. The molecule has 1 aromatic carbocycles. The molecule has 2 heterocycles. The van der Waals surface area contributed by atoms with Crippen LogP contribution in [-0.2, 0) is 12.7 Å². The van der Waals surface area contributed by atoms with Crippen LogP contribution in [0.1, 0.15) is 17.5 Å². The van der Waals surface area contributed by atoms with Crippen LogP contribution in [0.25, 0.3) is 11.4 Å². The smallest absolute Gasteiger partial charge is 0.356 e. The Labute approximate surface area is 154 Å². The maximum atomic E-state index is 13.1. The second kappa shape index (κ2) is 7.38. The average molecular weight is 386 g/mol. The fourth-order valence-electron chi connectivity index (χ4n) is 3.05. The maximum absolute atomic E-state index is 13.1. The lowest BCUT2D eigenvalue weighted by atomic mass is 10.1. The lowest BCUT2D eigenvalue weighted by Gasteiger charge is -2.21. The van der Waals surface area contributed by atoms with E-state index in [1.807, 2.05) is 0 Å².